The molecule has 0 unspecified atom stereocenters. The average Bonchev–Trinajstić information content (AvgIpc) is 4.14. The van der Waals surface area contributed by atoms with Crippen LogP contribution in [-0.4, -0.2) is 104 Å². The highest BCUT2D eigenvalue weighted by Crippen LogP contribution is 2.44. The molecule has 16 nitrogen and oxygen atoms in total. The smallest absolute Gasteiger partial charge is 0.407 e. The van der Waals surface area contributed by atoms with E-state index in [0.717, 1.165) is 87.6 Å². The van der Waals surface area contributed by atoms with Gasteiger partial charge in [-0.3, -0.25) is 9.59 Å². The zero-order valence-corrected chi connectivity index (χ0v) is 39.1. The number of imidazole rings is 2. The van der Waals surface area contributed by atoms with Gasteiger partial charge in [0.05, 0.1) is 61.4 Å². The first-order valence-corrected chi connectivity index (χ1v) is 23.5. The summed E-state index contributed by atoms with van der Waals surface area (Å²) in [7, 11) is 2.62. The van der Waals surface area contributed by atoms with Crippen LogP contribution in [0.4, 0.5) is 9.59 Å². The predicted molar refractivity (Wildman–Crippen MR) is 255 cm³/mol. The van der Waals surface area contributed by atoms with Crippen molar-refractivity contribution in [1.29, 1.82) is 0 Å². The molecule has 0 aliphatic carbocycles. The number of amides is 4. The predicted octanol–water partition coefficient (Wildman–Crippen LogP) is 9.10. The van der Waals surface area contributed by atoms with Crippen LogP contribution >= 0.6 is 0 Å². The van der Waals surface area contributed by atoms with E-state index in [1.807, 2.05) is 56.7 Å². The minimum Gasteiger partial charge on any atom is -0.488 e. The van der Waals surface area contributed by atoms with Crippen LogP contribution in [0.3, 0.4) is 0 Å². The Kier molecular flexibility index (Phi) is 13.6. The summed E-state index contributed by atoms with van der Waals surface area (Å²) in [5.41, 5.74) is 6.58. The normalized spacial score (nSPS) is 24.7. The van der Waals surface area contributed by atoms with Gasteiger partial charge in [0, 0.05) is 23.0 Å². The molecule has 9 rings (SSSR count). The van der Waals surface area contributed by atoms with E-state index in [2.05, 4.69) is 63.9 Å². The van der Waals surface area contributed by atoms with Gasteiger partial charge in [-0.15, -0.1) is 0 Å². The van der Waals surface area contributed by atoms with Gasteiger partial charge in [0.15, 0.2) is 0 Å². The van der Waals surface area contributed by atoms with E-state index in [9.17, 15) is 19.2 Å². The number of alkyl carbamates (subject to hydrolysis) is 2. The summed E-state index contributed by atoms with van der Waals surface area (Å²) in [4.78, 5) is 74.4. The Morgan fingerprint density at radius 2 is 1.49 bits per heavy atom. The van der Waals surface area contributed by atoms with E-state index < -0.39 is 24.3 Å². The Labute approximate surface area is 392 Å². The number of methoxy groups -OCH3 is 2. The number of H-pyrrole nitrogens is 2. The second kappa shape index (κ2) is 19.2. The zero-order chi connectivity index (χ0) is 46.6. The molecule has 4 amide bonds. The molecule has 358 valence electrons. The van der Waals surface area contributed by atoms with Gasteiger partial charge in [-0.25, -0.2) is 19.6 Å². The highest BCUT2D eigenvalue weighted by atomic mass is 16.5. The summed E-state index contributed by atoms with van der Waals surface area (Å²) < 4.78 is 22.3. The van der Waals surface area contributed by atoms with Crippen LogP contribution in [0.15, 0.2) is 48.7 Å². The number of hydrogen-bond donors (Lipinski definition) is 4. The Balaban J connectivity index is 0.00000608. The first-order chi connectivity index (χ1) is 31.8. The second-order valence-electron chi connectivity index (χ2n) is 19.0. The molecule has 2 aromatic heterocycles. The fourth-order valence-corrected chi connectivity index (χ4v) is 11.0. The average molecular weight is 919 g/mol. The molecule has 4 aliphatic heterocycles. The van der Waals surface area contributed by atoms with Gasteiger partial charge in [0.25, 0.3) is 0 Å². The quantitative estimate of drug-likeness (QED) is 0.105. The number of ether oxygens (including phenoxy) is 4. The van der Waals surface area contributed by atoms with Crippen molar-refractivity contribution in [2.75, 3.05) is 14.2 Å². The second-order valence-corrected chi connectivity index (χ2v) is 19.0. The number of rotatable bonds is 10. The number of carbonyl (C=O) groups is 4. The maximum Gasteiger partial charge on any atom is 0.407 e. The van der Waals surface area contributed by atoms with Crippen molar-refractivity contribution < 1.29 is 38.1 Å². The van der Waals surface area contributed by atoms with E-state index in [4.69, 9.17) is 28.9 Å². The maximum absolute atomic E-state index is 14.6. The molecule has 0 bridgehead atoms. The van der Waals surface area contributed by atoms with Gasteiger partial charge in [-0.2, -0.15) is 0 Å². The fourth-order valence-electron chi connectivity index (χ4n) is 11.0. The molecule has 6 heterocycles. The number of likely N-dealkylation sites (tertiary alicyclic amines) is 2. The summed E-state index contributed by atoms with van der Waals surface area (Å²) >= 11 is 0. The Morgan fingerprint density at radius 3 is 2.18 bits per heavy atom. The van der Waals surface area contributed by atoms with Crippen molar-refractivity contribution in [3.05, 3.63) is 65.9 Å². The van der Waals surface area contributed by atoms with Crippen molar-refractivity contribution in [3.63, 3.8) is 0 Å². The monoisotopic (exact) mass is 919 g/mol. The molecule has 3 saturated heterocycles. The molecular formula is C51H66N8O8. The summed E-state index contributed by atoms with van der Waals surface area (Å²) in [6.07, 6.45) is 5.65. The highest BCUT2D eigenvalue weighted by Gasteiger charge is 2.45. The molecule has 3 aromatic carbocycles. The topological polar surface area (TPSA) is 193 Å². The number of aromatic amines is 2. The number of nitrogens with zero attached hydrogens (tertiary/aromatic N) is 4. The number of carbonyl (C=O) groups excluding carboxylic acids is 4. The summed E-state index contributed by atoms with van der Waals surface area (Å²) in [6.45, 7) is 12.5. The van der Waals surface area contributed by atoms with Gasteiger partial charge in [-0.05, 0) is 124 Å². The molecule has 67 heavy (non-hydrogen) atoms. The standard InChI is InChI=1S/C50H62N8O8.CH4/c1-9-25(2)42(55-49(61)63-7)47(59)57-26(3)10-16-39(57)45-51-23-38(53-45)31-12-14-34-33(20-31)24-65-41-22-35-30(21-36(34)41)13-15-37-44(35)54-46(52-37)40-17-11-27(4)58(40)48(60)43(56-50(62)64-8)32-18-28(5)66-29(6)19-32;/h12-15,20-23,25-29,32,39-40,42-43H,9-11,16-19,24H2,1-8H3,(H,51,53)(H,52,54)(H,55,61)(H,56,62);1H4/t25-,26-,27-,28+,29+,39-,40-,42-,43-;/m0./s1. The summed E-state index contributed by atoms with van der Waals surface area (Å²) in [6, 6.07) is 12.6. The van der Waals surface area contributed by atoms with Crippen molar-refractivity contribution in [2.45, 2.75) is 149 Å². The van der Waals surface area contributed by atoms with Gasteiger partial charge in [0.1, 0.15) is 36.1 Å². The van der Waals surface area contributed by atoms with Gasteiger partial charge in [-0.1, -0.05) is 45.9 Å². The third kappa shape index (κ3) is 8.92. The largest absolute Gasteiger partial charge is 0.488 e. The van der Waals surface area contributed by atoms with Crippen molar-refractivity contribution in [3.8, 4) is 28.1 Å². The van der Waals surface area contributed by atoms with Crippen LogP contribution < -0.4 is 15.4 Å². The molecule has 0 spiro atoms. The Morgan fingerprint density at radius 1 is 0.821 bits per heavy atom. The first-order valence-electron chi connectivity index (χ1n) is 23.5. The first kappa shape index (κ1) is 47.3. The van der Waals surface area contributed by atoms with E-state index in [0.29, 0.717) is 31.1 Å². The Bertz CT molecular complexity index is 2650. The number of benzene rings is 3. The van der Waals surface area contributed by atoms with Crippen LogP contribution in [-0.2, 0) is 30.4 Å². The lowest BCUT2D eigenvalue weighted by Crippen LogP contribution is -2.55. The van der Waals surface area contributed by atoms with Crippen LogP contribution in [0, 0.1) is 11.8 Å². The number of aromatic nitrogens is 4. The SMILES string of the molecule is C.CC[C@H](C)[C@H](NC(=O)OC)C(=O)N1[C@@H](C)CC[C@H]1c1ncc(-c2ccc3c(c2)COc2cc4c(ccc5[nH]c([C@@H]6CC[C@H](C)N6C(=O)[C@@H](NC(=O)OC)C6C[C@@H](C)O[C@H](C)C6)nc54)cc2-3)[nH]1. The molecule has 5 aromatic rings. The van der Waals surface area contributed by atoms with E-state index in [1.165, 1.54) is 14.2 Å². The zero-order valence-electron chi connectivity index (χ0n) is 39.1. The molecule has 3 fully saturated rings. The number of nitrogens with one attached hydrogen (secondary N) is 4. The van der Waals surface area contributed by atoms with E-state index >= 15 is 0 Å². The van der Waals surface area contributed by atoms with Crippen molar-refractivity contribution in [2.24, 2.45) is 11.8 Å². The minimum atomic E-state index is -0.755. The third-order valence-corrected chi connectivity index (χ3v) is 14.6. The lowest BCUT2D eigenvalue weighted by Gasteiger charge is -2.39. The van der Waals surface area contributed by atoms with E-state index in [1.54, 1.807) is 0 Å². The Hall–Kier alpha value is -6.16. The van der Waals surface area contributed by atoms with Crippen LogP contribution in [0.1, 0.15) is 123 Å². The van der Waals surface area contributed by atoms with Gasteiger partial charge < -0.3 is 49.3 Å². The number of fused-ring (bicyclic) bond motifs is 6. The highest BCUT2D eigenvalue weighted by molar-refractivity contribution is 6.07. The summed E-state index contributed by atoms with van der Waals surface area (Å²) in [5, 5.41) is 7.64. The maximum atomic E-state index is 14.6. The van der Waals surface area contributed by atoms with Gasteiger partial charge in [0.2, 0.25) is 11.8 Å². The molecule has 16 heteroatoms. The van der Waals surface area contributed by atoms with Gasteiger partial charge >= 0.3 is 12.2 Å². The third-order valence-electron chi connectivity index (χ3n) is 14.6. The fraction of sp³-hybridized carbons (Fsp3) is 0.529. The molecule has 4 aliphatic rings. The minimum absolute atomic E-state index is 0. The molecule has 0 saturated carbocycles. The lowest BCUT2D eigenvalue weighted by atomic mass is 9.85. The van der Waals surface area contributed by atoms with Crippen LogP contribution in [0.2, 0.25) is 0 Å². The van der Waals surface area contributed by atoms with E-state index in [-0.39, 0.29) is 67.5 Å². The van der Waals surface area contributed by atoms with Crippen molar-refractivity contribution in [1.82, 2.24) is 40.4 Å². The van der Waals surface area contributed by atoms with Crippen LogP contribution in [0.5, 0.6) is 5.75 Å². The molecule has 9 atom stereocenters. The number of hydrogen-bond acceptors (Lipinski definition) is 10. The molecule has 0 radical (unpaired) electrons. The lowest BCUT2D eigenvalue weighted by molar-refractivity contribution is -0.140. The molecule has 4 N–H and O–H groups in total. The molecular weight excluding hydrogens is 853 g/mol. The summed E-state index contributed by atoms with van der Waals surface area (Å²) in [5.74, 6) is 1.74. The van der Waals surface area contributed by atoms with Crippen LogP contribution in [0.25, 0.3) is 44.2 Å². The van der Waals surface area contributed by atoms with Crippen molar-refractivity contribution >= 4 is 45.8 Å².